The first-order valence-electron chi connectivity index (χ1n) is 12.1. The molecule has 5 N–H and O–H groups in total. The molecule has 3 rings (SSSR count). The third-order valence-electron chi connectivity index (χ3n) is 6.88. The summed E-state index contributed by atoms with van der Waals surface area (Å²) in [7, 11) is 0. The Bertz CT molecular complexity index is 933. The van der Waals surface area contributed by atoms with Gasteiger partial charge in [0.05, 0.1) is 6.04 Å². The molecular weight excluding hydrogens is 438 g/mol. The summed E-state index contributed by atoms with van der Waals surface area (Å²) in [6.45, 7) is 3.52. The van der Waals surface area contributed by atoms with Crippen LogP contribution in [0.3, 0.4) is 0 Å². The summed E-state index contributed by atoms with van der Waals surface area (Å²) in [5.41, 5.74) is -1.14. The Hall–Kier alpha value is -3.10. The summed E-state index contributed by atoms with van der Waals surface area (Å²) in [6.07, 6.45) is 6.87. The van der Waals surface area contributed by atoms with Crippen LogP contribution in [0.2, 0.25) is 0 Å². The molecule has 0 unspecified atom stereocenters. The topological polar surface area (TPSA) is 145 Å². The summed E-state index contributed by atoms with van der Waals surface area (Å²) in [5.74, 6) is -3.55. The normalized spacial score (nSPS) is 18.8. The van der Waals surface area contributed by atoms with Gasteiger partial charge in [-0.15, -0.1) is 0 Å². The van der Waals surface area contributed by atoms with Crippen molar-refractivity contribution >= 4 is 23.5 Å². The van der Waals surface area contributed by atoms with Crippen molar-refractivity contribution in [3.8, 4) is 11.5 Å². The van der Waals surface area contributed by atoms with Crippen molar-refractivity contribution < 1.29 is 29.4 Å². The van der Waals surface area contributed by atoms with Crippen molar-refractivity contribution in [2.24, 2.45) is 5.92 Å². The van der Waals surface area contributed by atoms with Crippen LogP contribution in [0.15, 0.2) is 18.2 Å². The van der Waals surface area contributed by atoms with Gasteiger partial charge in [-0.3, -0.25) is 19.2 Å². The monoisotopic (exact) mass is 473 g/mol. The Morgan fingerprint density at radius 3 is 2.18 bits per heavy atom. The summed E-state index contributed by atoms with van der Waals surface area (Å²) >= 11 is 0. The van der Waals surface area contributed by atoms with Crippen molar-refractivity contribution in [2.45, 2.75) is 89.3 Å². The zero-order valence-corrected chi connectivity index (χ0v) is 19.9. The number of rotatable bonds is 8. The Balaban J connectivity index is 1.75. The van der Waals surface area contributed by atoms with Crippen LogP contribution < -0.4 is 16.0 Å². The SMILES string of the molecule is CC(C)[C@H](NC(=O)C1(NC(=O)c2ccc(O)c(O)c2)CCCCC1)C(=O)C(=O)NC1CCCC1. The van der Waals surface area contributed by atoms with E-state index < -0.39 is 40.8 Å². The fourth-order valence-electron chi connectivity index (χ4n) is 4.80. The maximum Gasteiger partial charge on any atom is 0.289 e. The minimum Gasteiger partial charge on any atom is -0.504 e. The van der Waals surface area contributed by atoms with Crippen LogP contribution in [0.1, 0.15) is 82.0 Å². The second-order valence-corrected chi connectivity index (χ2v) is 9.81. The number of aromatic hydroxyl groups is 2. The third-order valence-corrected chi connectivity index (χ3v) is 6.88. The first-order chi connectivity index (χ1) is 16.1. The quantitative estimate of drug-likeness (QED) is 0.289. The standard InChI is InChI=1S/C25H35N3O6/c1-15(2)20(21(31)23(33)26-17-8-4-5-9-17)27-24(34)25(12-6-3-7-13-25)28-22(32)16-10-11-18(29)19(30)14-16/h10-11,14-15,17,20,29-30H,3-9,12-13H2,1-2H3,(H,26,33)(H,27,34)(H,28,32)/t20-/m0/s1. The summed E-state index contributed by atoms with van der Waals surface area (Å²) in [5, 5.41) is 27.6. The number of amides is 3. The minimum absolute atomic E-state index is 0.00864. The van der Waals surface area contributed by atoms with Gasteiger partial charge in [0.15, 0.2) is 11.5 Å². The highest BCUT2D eigenvalue weighted by molar-refractivity contribution is 6.38. The number of hydrogen-bond donors (Lipinski definition) is 5. The number of ketones is 1. The van der Waals surface area contributed by atoms with E-state index in [1.54, 1.807) is 13.8 Å². The van der Waals surface area contributed by atoms with Gasteiger partial charge in [0.1, 0.15) is 5.54 Å². The molecule has 2 aliphatic rings. The number of nitrogens with one attached hydrogen (secondary N) is 3. The van der Waals surface area contributed by atoms with E-state index in [0.29, 0.717) is 12.8 Å². The molecule has 2 saturated carbocycles. The number of hydrogen-bond acceptors (Lipinski definition) is 6. The molecule has 2 aliphatic carbocycles. The van der Waals surface area contributed by atoms with Crippen molar-refractivity contribution in [2.75, 3.05) is 0 Å². The average molecular weight is 474 g/mol. The van der Waals surface area contributed by atoms with Crippen molar-refractivity contribution in [3.05, 3.63) is 23.8 Å². The molecule has 0 aromatic heterocycles. The van der Waals surface area contributed by atoms with Crippen molar-refractivity contribution in [1.82, 2.24) is 16.0 Å². The molecule has 0 saturated heterocycles. The first kappa shape index (κ1) is 25.5. The number of phenols is 2. The summed E-state index contributed by atoms with van der Waals surface area (Å²) in [4.78, 5) is 51.9. The van der Waals surface area contributed by atoms with Crippen molar-refractivity contribution in [1.29, 1.82) is 0 Å². The van der Waals surface area contributed by atoms with Gasteiger partial charge in [-0.1, -0.05) is 46.0 Å². The molecule has 9 nitrogen and oxygen atoms in total. The number of benzene rings is 1. The van der Waals surface area contributed by atoms with E-state index in [1.807, 2.05) is 0 Å². The predicted molar refractivity (Wildman–Crippen MR) is 125 cm³/mol. The molecule has 0 aliphatic heterocycles. The molecule has 0 spiro atoms. The fraction of sp³-hybridized carbons (Fsp3) is 0.600. The van der Waals surface area contributed by atoms with Gasteiger partial charge in [-0.25, -0.2) is 0 Å². The van der Waals surface area contributed by atoms with E-state index in [9.17, 15) is 29.4 Å². The van der Waals surface area contributed by atoms with Gasteiger partial charge in [-0.05, 0) is 49.8 Å². The van der Waals surface area contributed by atoms with Crippen LogP contribution >= 0.6 is 0 Å². The van der Waals surface area contributed by atoms with Gasteiger partial charge in [-0.2, -0.15) is 0 Å². The minimum atomic E-state index is -1.24. The van der Waals surface area contributed by atoms with Gasteiger partial charge < -0.3 is 26.2 Å². The van der Waals surface area contributed by atoms with Crippen molar-refractivity contribution in [3.63, 3.8) is 0 Å². The molecule has 1 atom stereocenters. The van der Waals surface area contributed by atoms with Crippen LogP contribution in [-0.4, -0.2) is 51.3 Å². The first-order valence-corrected chi connectivity index (χ1v) is 12.1. The predicted octanol–water partition coefficient (Wildman–Crippen LogP) is 2.30. The third kappa shape index (κ3) is 5.87. The van der Waals surface area contributed by atoms with Crippen LogP contribution in [-0.2, 0) is 14.4 Å². The van der Waals surface area contributed by atoms with E-state index in [-0.39, 0.29) is 23.3 Å². The smallest absolute Gasteiger partial charge is 0.289 e. The fourth-order valence-corrected chi connectivity index (χ4v) is 4.80. The molecule has 0 bridgehead atoms. The van der Waals surface area contributed by atoms with Gasteiger partial charge >= 0.3 is 0 Å². The molecule has 2 fully saturated rings. The van der Waals surface area contributed by atoms with E-state index in [0.717, 1.165) is 51.0 Å². The lowest BCUT2D eigenvalue weighted by atomic mass is 9.80. The maximum absolute atomic E-state index is 13.5. The van der Waals surface area contributed by atoms with E-state index in [1.165, 1.54) is 12.1 Å². The molecule has 186 valence electrons. The number of Topliss-reactive ketones (excluding diaryl/α,β-unsaturated/α-hetero) is 1. The molecule has 1 aromatic rings. The van der Waals surface area contributed by atoms with E-state index in [4.69, 9.17) is 0 Å². The highest BCUT2D eigenvalue weighted by Crippen LogP contribution is 2.30. The summed E-state index contributed by atoms with van der Waals surface area (Å²) in [6, 6.07) is 2.67. The highest BCUT2D eigenvalue weighted by Gasteiger charge is 2.43. The molecular formula is C25H35N3O6. The van der Waals surface area contributed by atoms with Gasteiger partial charge in [0.2, 0.25) is 11.7 Å². The maximum atomic E-state index is 13.5. The van der Waals surface area contributed by atoms with Crippen LogP contribution in [0.4, 0.5) is 0 Å². The zero-order valence-electron chi connectivity index (χ0n) is 19.9. The highest BCUT2D eigenvalue weighted by atomic mass is 16.3. The zero-order chi connectivity index (χ0) is 24.9. The Morgan fingerprint density at radius 1 is 0.941 bits per heavy atom. The van der Waals surface area contributed by atoms with Crippen LogP contribution in [0.25, 0.3) is 0 Å². The summed E-state index contributed by atoms with van der Waals surface area (Å²) < 4.78 is 0. The molecule has 9 heteroatoms. The Labute approximate surface area is 199 Å². The molecule has 34 heavy (non-hydrogen) atoms. The lowest BCUT2D eigenvalue weighted by Crippen LogP contribution is -2.63. The number of phenolic OH excluding ortho intramolecular Hbond substituents is 2. The van der Waals surface area contributed by atoms with Gasteiger partial charge in [0, 0.05) is 11.6 Å². The molecule has 0 heterocycles. The molecule has 3 amide bonds. The van der Waals surface area contributed by atoms with Crippen LogP contribution in [0, 0.1) is 5.92 Å². The second-order valence-electron chi connectivity index (χ2n) is 9.81. The Morgan fingerprint density at radius 2 is 1.59 bits per heavy atom. The number of carbonyl (C=O) groups is 4. The Kier molecular flexibility index (Phi) is 8.17. The molecule has 0 radical (unpaired) electrons. The lowest BCUT2D eigenvalue weighted by Gasteiger charge is -2.38. The second kappa shape index (κ2) is 10.9. The van der Waals surface area contributed by atoms with Crippen LogP contribution in [0.5, 0.6) is 11.5 Å². The molecule has 1 aromatic carbocycles. The van der Waals surface area contributed by atoms with E-state index >= 15 is 0 Å². The van der Waals surface area contributed by atoms with E-state index in [2.05, 4.69) is 16.0 Å². The average Bonchev–Trinajstić information content (AvgIpc) is 3.32. The van der Waals surface area contributed by atoms with Gasteiger partial charge in [0.25, 0.3) is 11.8 Å². The number of carbonyl (C=O) groups excluding carboxylic acids is 4. The lowest BCUT2D eigenvalue weighted by molar-refractivity contribution is -0.142. The largest absolute Gasteiger partial charge is 0.504 e.